The van der Waals surface area contributed by atoms with Crippen molar-refractivity contribution in [2.45, 2.75) is 33.1 Å². The first-order valence-corrected chi connectivity index (χ1v) is 12.5. The standard InChI is InChI=1S/C27H24N4O4S/c1-16(2)14-18-8-10-19(11-9-18)17(3)25-28-27-30(29-25)26(32)24(36-27)15-20-12-13-23(35-20)21-6-4-5-7-22(21)31(33)34/h4-13,15-17H,14H2,1-3H3/b24-15+. The maximum Gasteiger partial charge on any atom is 0.291 e. The zero-order valence-corrected chi connectivity index (χ0v) is 20.9. The first kappa shape index (κ1) is 23.6. The fourth-order valence-electron chi connectivity index (χ4n) is 4.14. The Morgan fingerprint density at radius 2 is 1.83 bits per heavy atom. The molecule has 8 nitrogen and oxygen atoms in total. The fourth-order valence-corrected chi connectivity index (χ4v) is 5.04. The van der Waals surface area contributed by atoms with Gasteiger partial charge in [-0.15, -0.1) is 5.10 Å². The van der Waals surface area contributed by atoms with Crippen LogP contribution < -0.4 is 10.1 Å². The molecule has 9 heteroatoms. The number of furan rings is 1. The molecule has 3 heterocycles. The van der Waals surface area contributed by atoms with E-state index in [2.05, 4.69) is 48.2 Å². The molecule has 1 atom stereocenters. The van der Waals surface area contributed by atoms with Gasteiger partial charge in [0.2, 0.25) is 4.96 Å². The molecular formula is C27H24N4O4S. The van der Waals surface area contributed by atoms with Gasteiger partial charge in [-0.3, -0.25) is 14.9 Å². The summed E-state index contributed by atoms with van der Waals surface area (Å²) in [4.78, 5) is 29.0. The zero-order valence-electron chi connectivity index (χ0n) is 20.0. The molecule has 3 aromatic heterocycles. The van der Waals surface area contributed by atoms with Crippen LogP contribution in [0, 0.1) is 16.0 Å². The molecule has 0 saturated carbocycles. The summed E-state index contributed by atoms with van der Waals surface area (Å²) < 4.78 is 7.55. The van der Waals surface area contributed by atoms with Crippen molar-refractivity contribution in [3.63, 3.8) is 0 Å². The Labute approximate surface area is 210 Å². The van der Waals surface area contributed by atoms with Gasteiger partial charge >= 0.3 is 0 Å². The van der Waals surface area contributed by atoms with Gasteiger partial charge in [-0.25, -0.2) is 4.98 Å². The van der Waals surface area contributed by atoms with Crippen molar-refractivity contribution in [2.75, 3.05) is 0 Å². The third-order valence-electron chi connectivity index (χ3n) is 5.98. The number of fused-ring (bicyclic) bond motifs is 1. The molecule has 0 saturated heterocycles. The second-order valence-corrected chi connectivity index (χ2v) is 10.1. The minimum atomic E-state index is -0.449. The van der Waals surface area contributed by atoms with Gasteiger partial charge in [-0.2, -0.15) is 4.52 Å². The molecule has 36 heavy (non-hydrogen) atoms. The normalized spacial score (nSPS) is 13.1. The Hall–Kier alpha value is -4.11. The summed E-state index contributed by atoms with van der Waals surface area (Å²) in [6.45, 7) is 6.43. The number of thiazole rings is 1. The van der Waals surface area contributed by atoms with Gasteiger partial charge in [-0.05, 0) is 41.7 Å². The summed E-state index contributed by atoms with van der Waals surface area (Å²) in [5.41, 5.74) is 2.45. The van der Waals surface area contributed by atoms with Crippen LogP contribution in [0.25, 0.3) is 22.4 Å². The van der Waals surface area contributed by atoms with Gasteiger partial charge in [0.15, 0.2) is 5.82 Å². The number of aromatic nitrogens is 3. The maximum atomic E-state index is 13.0. The van der Waals surface area contributed by atoms with Crippen LogP contribution >= 0.6 is 11.3 Å². The van der Waals surface area contributed by atoms with E-state index < -0.39 is 4.92 Å². The average molecular weight is 501 g/mol. The van der Waals surface area contributed by atoms with Crippen LogP contribution in [0.4, 0.5) is 5.69 Å². The highest BCUT2D eigenvalue weighted by molar-refractivity contribution is 7.15. The van der Waals surface area contributed by atoms with E-state index in [-0.39, 0.29) is 17.2 Å². The highest BCUT2D eigenvalue weighted by Crippen LogP contribution is 2.31. The summed E-state index contributed by atoms with van der Waals surface area (Å²) in [7, 11) is 0. The lowest BCUT2D eigenvalue weighted by atomic mass is 9.96. The molecule has 0 radical (unpaired) electrons. The summed E-state index contributed by atoms with van der Waals surface area (Å²) >= 11 is 1.23. The van der Waals surface area contributed by atoms with Crippen LogP contribution in [0.1, 0.15) is 49.4 Å². The molecule has 0 spiro atoms. The summed E-state index contributed by atoms with van der Waals surface area (Å²) in [5.74, 6) is 1.92. The molecule has 0 aliphatic rings. The maximum absolute atomic E-state index is 13.0. The summed E-state index contributed by atoms with van der Waals surface area (Å²) in [5, 5.41) is 15.8. The minimum absolute atomic E-state index is 0.0436. The quantitative estimate of drug-likeness (QED) is 0.224. The van der Waals surface area contributed by atoms with Crippen molar-refractivity contribution in [3.8, 4) is 11.3 Å². The molecule has 0 aliphatic heterocycles. The molecule has 1 unspecified atom stereocenters. The number of rotatable bonds is 7. The van der Waals surface area contributed by atoms with Gasteiger partial charge in [0, 0.05) is 18.1 Å². The monoisotopic (exact) mass is 500 g/mol. The molecule has 2 aromatic carbocycles. The van der Waals surface area contributed by atoms with Gasteiger partial charge in [0.1, 0.15) is 16.1 Å². The SMILES string of the molecule is CC(C)Cc1ccc(C(C)c2nc3s/c(=C/c4ccc(-c5ccccc5[N+](=O)[O-])o4)c(=O)n3n2)cc1. The smallest absolute Gasteiger partial charge is 0.291 e. The predicted octanol–water partition coefficient (Wildman–Crippen LogP) is 5.22. The lowest BCUT2D eigenvalue weighted by Gasteiger charge is -2.10. The lowest BCUT2D eigenvalue weighted by Crippen LogP contribution is -2.23. The van der Waals surface area contributed by atoms with Crippen molar-refractivity contribution in [2.24, 2.45) is 5.92 Å². The van der Waals surface area contributed by atoms with Gasteiger partial charge in [-0.1, -0.05) is 68.5 Å². The number of hydrogen-bond donors (Lipinski definition) is 0. The Morgan fingerprint density at radius 1 is 1.08 bits per heavy atom. The average Bonchev–Trinajstić information content (AvgIpc) is 3.56. The highest BCUT2D eigenvalue weighted by Gasteiger charge is 2.19. The molecule has 5 aromatic rings. The number of hydrogen-bond acceptors (Lipinski definition) is 7. The minimum Gasteiger partial charge on any atom is -0.456 e. The third kappa shape index (κ3) is 4.57. The van der Waals surface area contributed by atoms with Crippen LogP contribution in [0.15, 0.2) is 69.9 Å². The van der Waals surface area contributed by atoms with E-state index in [1.165, 1.54) is 27.5 Å². The zero-order chi connectivity index (χ0) is 25.4. The van der Waals surface area contributed by atoms with Crippen LogP contribution in [0.3, 0.4) is 0 Å². The third-order valence-corrected chi connectivity index (χ3v) is 6.93. The fraction of sp³-hybridized carbons (Fsp3) is 0.222. The van der Waals surface area contributed by atoms with E-state index in [4.69, 9.17) is 4.42 Å². The molecular weight excluding hydrogens is 476 g/mol. The Balaban J connectivity index is 1.42. The van der Waals surface area contributed by atoms with Crippen LogP contribution in [-0.2, 0) is 6.42 Å². The molecule has 0 amide bonds. The van der Waals surface area contributed by atoms with E-state index in [0.29, 0.717) is 38.3 Å². The van der Waals surface area contributed by atoms with Crippen LogP contribution in [-0.4, -0.2) is 19.5 Å². The van der Waals surface area contributed by atoms with Crippen molar-refractivity contribution < 1.29 is 9.34 Å². The Kier molecular flexibility index (Phi) is 6.24. The summed E-state index contributed by atoms with van der Waals surface area (Å²) in [6.07, 6.45) is 2.64. The van der Waals surface area contributed by atoms with E-state index in [1.807, 2.05) is 6.92 Å². The van der Waals surface area contributed by atoms with Gasteiger partial charge in [0.25, 0.3) is 11.2 Å². The second-order valence-electron chi connectivity index (χ2n) is 9.12. The predicted molar refractivity (Wildman–Crippen MR) is 139 cm³/mol. The van der Waals surface area contributed by atoms with Gasteiger partial charge in [0.05, 0.1) is 10.5 Å². The number of benzene rings is 2. The molecule has 182 valence electrons. The van der Waals surface area contributed by atoms with Crippen molar-refractivity contribution >= 4 is 28.1 Å². The van der Waals surface area contributed by atoms with Crippen molar-refractivity contribution in [1.29, 1.82) is 0 Å². The van der Waals surface area contributed by atoms with E-state index >= 15 is 0 Å². The van der Waals surface area contributed by atoms with Crippen LogP contribution in [0.5, 0.6) is 0 Å². The van der Waals surface area contributed by atoms with E-state index in [9.17, 15) is 14.9 Å². The van der Waals surface area contributed by atoms with Crippen molar-refractivity contribution in [3.05, 3.63) is 108 Å². The number of nitro benzene ring substituents is 1. The Morgan fingerprint density at radius 3 is 2.53 bits per heavy atom. The van der Waals surface area contributed by atoms with Crippen LogP contribution in [0.2, 0.25) is 0 Å². The lowest BCUT2D eigenvalue weighted by molar-refractivity contribution is -0.384. The molecule has 0 bridgehead atoms. The largest absolute Gasteiger partial charge is 0.456 e. The topological polar surface area (TPSA) is 104 Å². The van der Waals surface area contributed by atoms with Crippen molar-refractivity contribution in [1.82, 2.24) is 14.6 Å². The second kappa shape index (κ2) is 9.50. The number of nitrogens with zero attached hydrogens (tertiary/aromatic N) is 4. The van der Waals surface area contributed by atoms with E-state index in [0.717, 1.165) is 12.0 Å². The first-order valence-electron chi connectivity index (χ1n) is 11.6. The number of nitro groups is 1. The molecule has 0 aliphatic carbocycles. The Bertz CT molecular complexity index is 1660. The van der Waals surface area contributed by atoms with Gasteiger partial charge < -0.3 is 4.42 Å². The molecule has 5 rings (SSSR count). The number of para-hydroxylation sites is 1. The first-order chi connectivity index (χ1) is 17.3. The highest BCUT2D eigenvalue weighted by atomic mass is 32.1. The summed E-state index contributed by atoms with van der Waals surface area (Å²) in [6, 6.07) is 18.2. The van der Waals surface area contributed by atoms with E-state index in [1.54, 1.807) is 36.4 Å². The molecule has 0 N–H and O–H groups in total. The molecule has 0 fully saturated rings.